The van der Waals surface area contributed by atoms with Gasteiger partial charge in [-0.2, -0.15) is 0 Å². The van der Waals surface area contributed by atoms with E-state index < -0.39 is 17.5 Å². The standard InChI is InChI=1S/C20H19ClN2O5S/c1-4-27-19(26)20(2)18(25)23-15-8-5-11(9-16(15)28-20)22-17(24)13-10-12(29-3)6-7-14(13)21/h5-10H,4H2,1-3H3,(H,22,24)(H,23,25)/t20-/m0/s1. The minimum Gasteiger partial charge on any atom is -0.464 e. The zero-order valence-corrected chi connectivity index (χ0v) is 17.6. The number of thioether (sulfide) groups is 1. The molecule has 0 spiro atoms. The number of anilines is 2. The average Bonchev–Trinajstić information content (AvgIpc) is 2.69. The van der Waals surface area contributed by atoms with Crippen LogP contribution >= 0.6 is 23.4 Å². The van der Waals surface area contributed by atoms with Crippen LogP contribution in [-0.4, -0.2) is 36.2 Å². The van der Waals surface area contributed by atoms with Crippen molar-refractivity contribution in [3.05, 3.63) is 47.0 Å². The van der Waals surface area contributed by atoms with Crippen LogP contribution in [0.25, 0.3) is 0 Å². The lowest BCUT2D eigenvalue weighted by Crippen LogP contribution is -2.55. The van der Waals surface area contributed by atoms with Gasteiger partial charge in [-0.3, -0.25) is 9.59 Å². The third kappa shape index (κ3) is 4.18. The number of carbonyl (C=O) groups is 3. The summed E-state index contributed by atoms with van der Waals surface area (Å²) in [5.41, 5.74) is -0.678. The highest BCUT2D eigenvalue weighted by molar-refractivity contribution is 7.98. The van der Waals surface area contributed by atoms with Crippen molar-refractivity contribution >= 4 is 52.5 Å². The van der Waals surface area contributed by atoms with Gasteiger partial charge in [-0.25, -0.2) is 4.79 Å². The summed E-state index contributed by atoms with van der Waals surface area (Å²) in [6, 6.07) is 9.91. The molecule has 0 aliphatic carbocycles. The highest BCUT2D eigenvalue weighted by atomic mass is 35.5. The number of esters is 1. The van der Waals surface area contributed by atoms with Crippen LogP contribution in [0.3, 0.4) is 0 Å². The predicted molar refractivity (Wildman–Crippen MR) is 112 cm³/mol. The largest absolute Gasteiger partial charge is 0.464 e. The van der Waals surface area contributed by atoms with Gasteiger partial charge in [-0.1, -0.05) is 11.6 Å². The second-order valence-electron chi connectivity index (χ2n) is 6.32. The number of nitrogens with one attached hydrogen (secondary N) is 2. The molecule has 1 atom stereocenters. The summed E-state index contributed by atoms with van der Waals surface area (Å²) < 4.78 is 10.6. The zero-order chi connectivity index (χ0) is 21.2. The summed E-state index contributed by atoms with van der Waals surface area (Å²) in [5, 5.41) is 5.71. The van der Waals surface area contributed by atoms with E-state index in [0.29, 0.717) is 22.0 Å². The number of carbonyl (C=O) groups excluding carboxylic acids is 3. The van der Waals surface area contributed by atoms with E-state index in [2.05, 4.69) is 10.6 Å². The van der Waals surface area contributed by atoms with E-state index in [0.717, 1.165) is 4.90 Å². The van der Waals surface area contributed by atoms with Crippen LogP contribution < -0.4 is 15.4 Å². The molecule has 0 aromatic heterocycles. The molecule has 0 unspecified atom stereocenters. The van der Waals surface area contributed by atoms with Crippen LogP contribution in [0.2, 0.25) is 5.02 Å². The van der Waals surface area contributed by atoms with Gasteiger partial charge in [0.15, 0.2) is 0 Å². The number of rotatable bonds is 5. The number of benzene rings is 2. The predicted octanol–water partition coefficient (Wildman–Crippen LogP) is 3.97. The molecule has 7 nitrogen and oxygen atoms in total. The number of hydrogen-bond acceptors (Lipinski definition) is 6. The molecule has 29 heavy (non-hydrogen) atoms. The van der Waals surface area contributed by atoms with Crippen molar-refractivity contribution in [2.45, 2.75) is 24.3 Å². The molecule has 2 N–H and O–H groups in total. The van der Waals surface area contributed by atoms with Crippen molar-refractivity contribution < 1.29 is 23.9 Å². The van der Waals surface area contributed by atoms with Gasteiger partial charge in [-0.05, 0) is 50.4 Å². The quantitative estimate of drug-likeness (QED) is 0.420. The first-order valence-corrected chi connectivity index (χ1v) is 10.4. The van der Waals surface area contributed by atoms with Crippen LogP contribution in [0.15, 0.2) is 41.3 Å². The van der Waals surface area contributed by atoms with Crippen LogP contribution in [0.1, 0.15) is 24.2 Å². The molecule has 2 aromatic rings. The van der Waals surface area contributed by atoms with Gasteiger partial charge in [0.2, 0.25) is 0 Å². The fourth-order valence-electron chi connectivity index (χ4n) is 2.70. The van der Waals surface area contributed by atoms with Gasteiger partial charge in [-0.15, -0.1) is 11.8 Å². The first-order chi connectivity index (χ1) is 13.8. The summed E-state index contributed by atoms with van der Waals surface area (Å²) in [7, 11) is 0. The second-order valence-corrected chi connectivity index (χ2v) is 7.61. The monoisotopic (exact) mass is 434 g/mol. The summed E-state index contributed by atoms with van der Waals surface area (Å²) in [4.78, 5) is 38.1. The zero-order valence-electron chi connectivity index (χ0n) is 16.0. The molecule has 0 saturated heterocycles. The molecule has 152 valence electrons. The molecule has 1 heterocycles. The number of hydrogen-bond donors (Lipinski definition) is 2. The van der Waals surface area contributed by atoms with Crippen LogP contribution in [0, 0.1) is 0 Å². The number of fused-ring (bicyclic) bond motifs is 1. The van der Waals surface area contributed by atoms with E-state index in [4.69, 9.17) is 21.1 Å². The maximum atomic E-state index is 12.7. The second kappa shape index (κ2) is 8.34. The van der Waals surface area contributed by atoms with Gasteiger partial charge in [0.1, 0.15) is 5.75 Å². The van der Waals surface area contributed by atoms with Crippen molar-refractivity contribution in [2.24, 2.45) is 0 Å². The van der Waals surface area contributed by atoms with E-state index >= 15 is 0 Å². The van der Waals surface area contributed by atoms with E-state index in [9.17, 15) is 14.4 Å². The summed E-state index contributed by atoms with van der Waals surface area (Å²) in [5.74, 6) is -1.57. The SMILES string of the molecule is CCOC(=O)[C@@]1(C)Oc2cc(NC(=O)c3cc(SC)ccc3Cl)ccc2NC1=O. The Morgan fingerprint density at radius 1 is 1.28 bits per heavy atom. The number of ether oxygens (including phenoxy) is 2. The van der Waals surface area contributed by atoms with Crippen molar-refractivity contribution in [1.82, 2.24) is 0 Å². The molecule has 9 heteroatoms. The summed E-state index contributed by atoms with van der Waals surface area (Å²) in [6.45, 7) is 3.09. The Kier molecular flexibility index (Phi) is 6.04. The Morgan fingerprint density at radius 2 is 2.03 bits per heavy atom. The molecule has 0 fully saturated rings. The fourth-order valence-corrected chi connectivity index (χ4v) is 3.35. The number of halogens is 1. The Labute approximate surface area is 177 Å². The molecular formula is C20H19ClN2O5S. The molecule has 2 amide bonds. The fraction of sp³-hybridized carbons (Fsp3) is 0.250. The molecule has 1 aliphatic heterocycles. The van der Waals surface area contributed by atoms with E-state index in [1.54, 1.807) is 31.2 Å². The summed E-state index contributed by atoms with van der Waals surface area (Å²) in [6.07, 6.45) is 1.90. The lowest BCUT2D eigenvalue weighted by atomic mass is 10.0. The van der Waals surface area contributed by atoms with Crippen molar-refractivity contribution in [3.63, 3.8) is 0 Å². The molecule has 0 radical (unpaired) electrons. The van der Waals surface area contributed by atoms with Crippen LogP contribution in [-0.2, 0) is 14.3 Å². The molecule has 1 aliphatic rings. The lowest BCUT2D eigenvalue weighted by Gasteiger charge is -2.32. The highest BCUT2D eigenvalue weighted by Crippen LogP contribution is 2.36. The smallest absolute Gasteiger partial charge is 0.360 e. The van der Waals surface area contributed by atoms with Crippen molar-refractivity contribution in [2.75, 3.05) is 23.5 Å². The Hall–Kier alpha value is -2.71. The molecule has 0 bridgehead atoms. The third-order valence-electron chi connectivity index (χ3n) is 4.32. The Morgan fingerprint density at radius 3 is 2.72 bits per heavy atom. The van der Waals surface area contributed by atoms with E-state index in [1.807, 2.05) is 12.3 Å². The minimum absolute atomic E-state index is 0.115. The van der Waals surface area contributed by atoms with Gasteiger partial charge in [0, 0.05) is 16.6 Å². The molecule has 3 rings (SSSR count). The first kappa shape index (κ1) is 21.0. The Bertz CT molecular complexity index is 997. The van der Waals surface area contributed by atoms with Gasteiger partial charge < -0.3 is 20.1 Å². The molecule has 0 saturated carbocycles. The van der Waals surface area contributed by atoms with Gasteiger partial charge in [0.05, 0.1) is 22.9 Å². The highest BCUT2D eigenvalue weighted by Gasteiger charge is 2.48. The topological polar surface area (TPSA) is 93.7 Å². The van der Waals surface area contributed by atoms with Crippen molar-refractivity contribution in [3.8, 4) is 5.75 Å². The number of amides is 2. The van der Waals surface area contributed by atoms with E-state index in [-0.39, 0.29) is 18.3 Å². The maximum absolute atomic E-state index is 12.7. The van der Waals surface area contributed by atoms with Gasteiger partial charge in [0.25, 0.3) is 17.4 Å². The van der Waals surface area contributed by atoms with Crippen molar-refractivity contribution in [1.29, 1.82) is 0 Å². The molecular weight excluding hydrogens is 416 g/mol. The Balaban J connectivity index is 1.85. The van der Waals surface area contributed by atoms with E-state index in [1.165, 1.54) is 24.8 Å². The third-order valence-corrected chi connectivity index (χ3v) is 5.37. The first-order valence-electron chi connectivity index (χ1n) is 8.75. The molecule has 2 aromatic carbocycles. The van der Waals surface area contributed by atoms with Crippen LogP contribution in [0.4, 0.5) is 11.4 Å². The normalized spacial score (nSPS) is 17.6. The lowest BCUT2D eigenvalue weighted by molar-refractivity contribution is -0.165. The maximum Gasteiger partial charge on any atom is 0.360 e. The van der Waals surface area contributed by atoms with Gasteiger partial charge >= 0.3 is 5.97 Å². The minimum atomic E-state index is -1.82. The average molecular weight is 435 g/mol. The summed E-state index contributed by atoms with van der Waals surface area (Å²) >= 11 is 7.65. The van der Waals surface area contributed by atoms with Crippen LogP contribution in [0.5, 0.6) is 5.75 Å².